The molecule has 0 aromatic carbocycles. The molecule has 5 heteroatoms. The topological polar surface area (TPSA) is 64.1 Å². The van der Waals surface area contributed by atoms with Crippen LogP contribution in [0.25, 0.3) is 0 Å². The van der Waals surface area contributed by atoms with Crippen molar-refractivity contribution in [1.82, 2.24) is 9.97 Å². The second-order valence-electron chi connectivity index (χ2n) is 5.51. The summed E-state index contributed by atoms with van der Waals surface area (Å²) in [6.45, 7) is 6.69. The molecule has 1 aliphatic carbocycles. The zero-order chi connectivity index (χ0) is 14.6. The van der Waals surface area contributed by atoms with E-state index in [1.54, 1.807) is 6.20 Å². The molecule has 110 valence electrons. The number of aryl methyl sites for hydroxylation is 2. The summed E-state index contributed by atoms with van der Waals surface area (Å²) in [5.41, 5.74) is 1.33. The number of hydrogen-bond acceptors (Lipinski definition) is 5. The highest BCUT2D eigenvalue weighted by Crippen LogP contribution is 2.39. The van der Waals surface area contributed by atoms with E-state index < -0.39 is 5.41 Å². The van der Waals surface area contributed by atoms with Gasteiger partial charge in [-0.05, 0) is 33.6 Å². The van der Waals surface area contributed by atoms with E-state index in [0.29, 0.717) is 13.2 Å². The van der Waals surface area contributed by atoms with Crippen LogP contribution in [0.15, 0.2) is 6.20 Å². The van der Waals surface area contributed by atoms with Crippen LogP contribution in [0.5, 0.6) is 0 Å². The second-order valence-corrected chi connectivity index (χ2v) is 5.51. The Kier molecular flexibility index (Phi) is 4.57. The predicted molar refractivity (Wildman–Crippen MR) is 77.5 cm³/mol. The van der Waals surface area contributed by atoms with Gasteiger partial charge in [-0.1, -0.05) is 12.8 Å². The van der Waals surface area contributed by atoms with Gasteiger partial charge < -0.3 is 10.1 Å². The highest BCUT2D eigenvalue weighted by Gasteiger charge is 2.42. The monoisotopic (exact) mass is 277 g/mol. The van der Waals surface area contributed by atoms with E-state index in [4.69, 9.17) is 4.74 Å². The molecule has 5 nitrogen and oxygen atoms in total. The van der Waals surface area contributed by atoms with Crippen molar-refractivity contribution in [2.24, 2.45) is 5.41 Å². The summed E-state index contributed by atoms with van der Waals surface area (Å²) in [4.78, 5) is 21.0. The fourth-order valence-electron chi connectivity index (χ4n) is 2.75. The molecule has 1 fully saturated rings. The minimum Gasteiger partial charge on any atom is -0.466 e. The lowest BCUT2D eigenvalue weighted by Crippen LogP contribution is -2.37. The number of carbonyl (C=O) groups is 1. The van der Waals surface area contributed by atoms with Crippen molar-refractivity contribution in [2.75, 3.05) is 18.5 Å². The molecular formula is C15H23N3O2. The van der Waals surface area contributed by atoms with Gasteiger partial charge in [0.1, 0.15) is 5.82 Å². The number of anilines is 1. The van der Waals surface area contributed by atoms with Crippen LogP contribution in [0, 0.1) is 19.3 Å². The maximum atomic E-state index is 12.2. The highest BCUT2D eigenvalue weighted by molar-refractivity contribution is 5.78. The van der Waals surface area contributed by atoms with Gasteiger partial charge in [-0.25, -0.2) is 4.98 Å². The van der Waals surface area contributed by atoms with Gasteiger partial charge in [0.2, 0.25) is 0 Å². The third kappa shape index (κ3) is 3.08. The summed E-state index contributed by atoms with van der Waals surface area (Å²) in [6.07, 6.45) is 5.68. The molecule has 0 saturated heterocycles. The quantitative estimate of drug-likeness (QED) is 0.838. The first-order valence-corrected chi connectivity index (χ1v) is 7.29. The number of esters is 1. The van der Waals surface area contributed by atoms with Crippen molar-refractivity contribution < 1.29 is 9.53 Å². The molecule has 2 rings (SSSR count). The lowest BCUT2D eigenvalue weighted by atomic mass is 9.86. The van der Waals surface area contributed by atoms with Gasteiger partial charge in [-0.2, -0.15) is 0 Å². The van der Waals surface area contributed by atoms with Crippen molar-refractivity contribution >= 4 is 11.8 Å². The van der Waals surface area contributed by atoms with E-state index in [-0.39, 0.29) is 5.97 Å². The van der Waals surface area contributed by atoms with Crippen LogP contribution in [-0.2, 0) is 9.53 Å². The number of nitrogens with one attached hydrogen (secondary N) is 1. The summed E-state index contributed by atoms with van der Waals surface area (Å²) in [5.74, 6) is 0.684. The second kappa shape index (κ2) is 6.20. The number of rotatable bonds is 5. The van der Waals surface area contributed by atoms with Gasteiger partial charge in [-0.3, -0.25) is 9.78 Å². The Morgan fingerprint density at radius 3 is 2.75 bits per heavy atom. The van der Waals surface area contributed by atoms with Gasteiger partial charge in [0.05, 0.1) is 23.4 Å². The largest absolute Gasteiger partial charge is 0.466 e. The van der Waals surface area contributed by atoms with E-state index in [9.17, 15) is 4.79 Å². The average Bonchev–Trinajstić information content (AvgIpc) is 2.90. The summed E-state index contributed by atoms with van der Waals surface area (Å²) in [6, 6.07) is 0. The van der Waals surface area contributed by atoms with Crippen LogP contribution < -0.4 is 5.32 Å². The smallest absolute Gasteiger partial charge is 0.313 e. The van der Waals surface area contributed by atoms with Crippen LogP contribution in [0.4, 0.5) is 5.82 Å². The molecule has 1 heterocycles. The first-order valence-electron chi connectivity index (χ1n) is 7.29. The molecule has 20 heavy (non-hydrogen) atoms. The maximum Gasteiger partial charge on any atom is 0.313 e. The Bertz CT molecular complexity index is 482. The fraction of sp³-hybridized carbons (Fsp3) is 0.667. The van der Waals surface area contributed by atoms with Crippen LogP contribution in [0.2, 0.25) is 0 Å². The standard InChI is InChI=1S/C15H23N3O2/c1-4-20-14(19)15(7-5-6-8-15)10-17-13-12(3)16-9-11(2)18-13/h9H,4-8,10H2,1-3H3,(H,17,18). The van der Waals surface area contributed by atoms with E-state index >= 15 is 0 Å². The van der Waals surface area contributed by atoms with Gasteiger partial charge in [0, 0.05) is 12.7 Å². The van der Waals surface area contributed by atoms with Gasteiger partial charge in [0.15, 0.2) is 0 Å². The average molecular weight is 277 g/mol. The molecule has 0 bridgehead atoms. The fourth-order valence-corrected chi connectivity index (χ4v) is 2.75. The number of carbonyl (C=O) groups excluding carboxylic acids is 1. The van der Waals surface area contributed by atoms with Crippen molar-refractivity contribution in [3.05, 3.63) is 17.6 Å². The van der Waals surface area contributed by atoms with Crippen molar-refractivity contribution in [3.8, 4) is 0 Å². The molecule has 1 saturated carbocycles. The third-order valence-electron chi connectivity index (χ3n) is 3.94. The summed E-state index contributed by atoms with van der Waals surface area (Å²) in [7, 11) is 0. The SMILES string of the molecule is CCOC(=O)C1(CNc2nc(C)cnc2C)CCCC1. The summed E-state index contributed by atoms with van der Waals surface area (Å²) in [5, 5.41) is 3.30. The number of hydrogen-bond donors (Lipinski definition) is 1. The molecule has 0 amide bonds. The van der Waals surface area contributed by atoms with E-state index in [1.807, 2.05) is 20.8 Å². The molecule has 1 aliphatic rings. The number of nitrogens with zero attached hydrogens (tertiary/aromatic N) is 2. The zero-order valence-electron chi connectivity index (χ0n) is 12.5. The molecule has 0 unspecified atom stereocenters. The molecular weight excluding hydrogens is 254 g/mol. The normalized spacial score (nSPS) is 16.9. The molecule has 0 aliphatic heterocycles. The maximum absolute atomic E-state index is 12.2. The lowest BCUT2D eigenvalue weighted by Gasteiger charge is -2.27. The first kappa shape index (κ1) is 14.8. The van der Waals surface area contributed by atoms with Gasteiger partial charge >= 0.3 is 5.97 Å². The zero-order valence-corrected chi connectivity index (χ0v) is 12.5. The van der Waals surface area contributed by atoms with E-state index in [1.165, 1.54) is 0 Å². The van der Waals surface area contributed by atoms with Crippen molar-refractivity contribution in [2.45, 2.75) is 46.5 Å². The Balaban J connectivity index is 2.09. The Labute approximate surface area is 120 Å². The molecule has 1 aromatic rings. The van der Waals surface area contributed by atoms with Gasteiger partial charge in [-0.15, -0.1) is 0 Å². The minimum atomic E-state index is -0.395. The van der Waals surface area contributed by atoms with Crippen LogP contribution in [0.3, 0.4) is 0 Å². The molecule has 0 radical (unpaired) electrons. The van der Waals surface area contributed by atoms with Crippen LogP contribution in [-0.4, -0.2) is 29.1 Å². The van der Waals surface area contributed by atoms with Crippen LogP contribution >= 0.6 is 0 Å². The summed E-state index contributed by atoms with van der Waals surface area (Å²) >= 11 is 0. The molecule has 0 atom stereocenters. The Morgan fingerprint density at radius 2 is 2.10 bits per heavy atom. The van der Waals surface area contributed by atoms with Gasteiger partial charge in [0.25, 0.3) is 0 Å². The predicted octanol–water partition coefficient (Wildman–Crippen LogP) is 2.63. The molecule has 1 N–H and O–H groups in total. The third-order valence-corrected chi connectivity index (χ3v) is 3.94. The number of ether oxygens (including phenoxy) is 1. The number of aromatic nitrogens is 2. The van der Waals surface area contributed by atoms with E-state index in [0.717, 1.165) is 42.9 Å². The minimum absolute atomic E-state index is 0.0803. The van der Waals surface area contributed by atoms with E-state index in [2.05, 4.69) is 15.3 Å². The summed E-state index contributed by atoms with van der Waals surface area (Å²) < 4.78 is 5.26. The Hall–Kier alpha value is -1.65. The lowest BCUT2D eigenvalue weighted by molar-refractivity contribution is -0.154. The van der Waals surface area contributed by atoms with Crippen LogP contribution in [0.1, 0.15) is 44.0 Å². The Morgan fingerprint density at radius 1 is 1.40 bits per heavy atom. The van der Waals surface area contributed by atoms with Crippen molar-refractivity contribution in [1.29, 1.82) is 0 Å². The molecule has 1 aromatic heterocycles. The highest BCUT2D eigenvalue weighted by atomic mass is 16.5. The van der Waals surface area contributed by atoms with Crippen molar-refractivity contribution in [3.63, 3.8) is 0 Å². The first-order chi connectivity index (χ1) is 9.57. The molecule has 0 spiro atoms.